The Morgan fingerprint density at radius 2 is 2.46 bits per heavy atom. The minimum absolute atomic E-state index is 0.339. The molecule has 13 heavy (non-hydrogen) atoms. The molecule has 0 fully saturated rings. The first-order valence-corrected chi connectivity index (χ1v) is 4.64. The molecular formula is C10H17NO2. The van der Waals surface area contributed by atoms with Crippen LogP contribution in [0.4, 0.5) is 0 Å². The molecule has 0 aromatic carbocycles. The lowest BCUT2D eigenvalue weighted by Gasteiger charge is -2.13. The predicted octanol–water partition coefficient (Wildman–Crippen LogP) is 1.45. The van der Waals surface area contributed by atoms with E-state index in [1.807, 2.05) is 26.1 Å². The summed E-state index contributed by atoms with van der Waals surface area (Å²) in [4.78, 5) is 0. The Morgan fingerprint density at radius 3 is 3.00 bits per heavy atom. The summed E-state index contributed by atoms with van der Waals surface area (Å²) < 4.78 is 10.6. The smallest absolute Gasteiger partial charge is 0.105 e. The van der Waals surface area contributed by atoms with Crippen LogP contribution in [0.3, 0.4) is 0 Å². The Kier molecular flexibility index (Phi) is 4.57. The molecule has 1 unspecified atom stereocenters. The van der Waals surface area contributed by atoms with Gasteiger partial charge in [-0.3, -0.25) is 0 Å². The van der Waals surface area contributed by atoms with Gasteiger partial charge in [-0.15, -0.1) is 0 Å². The van der Waals surface area contributed by atoms with Crippen molar-refractivity contribution in [3.8, 4) is 0 Å². The lowest BCUT2D eigenvalue weighted by atomic mass is 10.2. The van der Waals surface area contributed by atoms with Gasteiger partial charge < -0.3 is 14.5 Å². The molecule has 1 aromatic heterocycles. The highest BCUT2D eigenvalue weighted by atomic mass is 16.5. The first-order chi connectivity index (χ1) is 6.36. The van der Waals surface area contributed by atoms with Crippen LogP contribution in [0.15, 0.2) is 22.8 Å². The topological polar surface area (TPSA) is 34.4 Å². The van der Waals surface area contributed by atoms with E-state index in [0.29, 0.717) is 6.04 Å². The van der Waals surface area contributed by atoms with Gasteiger partial charge in [0.1, 0.15) is 5.76 Å². The van der Waals surface area contributed by atoms with Crippen LogP contribution in [0.1, 0.15) is 12.7 Å². The molecule has 0 amide bonds. The monoisotopic (exact) mass is 183 g/mol. The van der Waals surface area contributed by atoms with Crippen LogP contribution in [0.5, 0.6) is 0 Å². The minimum atomic E-state index is 0.339. The molecule has 1 N–H and O–H groups in total. The average molecular weight is 183 g/mol. The van der Waals surface area contributed by atoms with Crippen molar-refractivity contribution >= 4 is 0 Å². The second-order valence-electron chi connectivity index (χ2n) is 2.93. The molecule has 0 bridgehead atoms. The van der Waals surface area contributed by atoms with E-state index in [1.165, 1.54) is 0 Å². The summed E-state index contributed by atoms with van der Waals surface area (Å²) in [5, 5.41) is 3.19. The molecule has 0 saturated carbocycles. The number of furan rings is 1. The fourth-order valence-corrected chi connectivity index (χ4v) is 1.18. The molecular weight excluding hydrogens is 166 g/mol. The minimum Gasteiger partial charge on any atom is -0.469 e. The van der Waals surface area contributed by atoms with E-state index in [4.69, 9.17) is 9.15 Å². The third kappa shape index (κ3) is 3.61. The van der Waals surface area contributed by atoms with E-state index in [0.717, 1.165) is 25.4 Å². The summed E-state index contributed by atoms with van der Waals surface area (Å²) in [7, 11) is 1.94. The van der Waals surface area contributed by atoms with Crippen molar-refractivity contribution in [3.63, 3.8) is 0 Å². The number of nitrogens with one attached hydrogen (secondary N) is 1. The van der Waals surface area contributed by atoms with Crippen LogP contribution in [0.2, 0.25) is 0 Å². The maximum atomic E-state index is 5.33. The highest BCUT2D eigenvalue weighted by Gasteiger charge is 2.08. The molecule has 1 heterocycles. The van der Waals surface area contributed by atoms with Crippen molar-refractivity contribution in [2.75, 3.05) is 20.3 Å². The molecule has 0 radical (unpaired) electrons. The summed E-state index contributed by atoms with van der Waals surface area (Å²) in [6.07, 6.45) is 2.58. The Balaban J connectivity index is 2.31. The molecule has 0 saturated heterocycles. The van der Waals surface area contributed by atoms with Gasteiger partial charge in [0.2, 0.25) is 0 Å². The third-order valence-electron chi connectivity index (χ3n) is 1.96. The molecule has 1 atom stereocenters. The lowest BCUT2D eigenvalue weighted by Crippen LogP contribution is -2.32. The summed E-state index contributed by atoms with van der Waals surface area (Å²) in [5.41, 5.74) is 0. The third-order valence-corrected chi connectivity index (χ3v) is 1.96. The molecule has 0 aliphatic rings. The van der Waals surface area contributed by atoms with Gasteiger partial charge in [-0.25, -0.2) is 0 Å². The zero-order chi connectivity index (χ0) is 9.52. The van der Waals surface area contributed by atoms with Gasteiger partial charge in [0.25, 0.3) is 0 Å². The predicted molar refractivity (Wildman–Crippen MR) is 51.8 cm³/mol. The first kappa shape index (κ1) is 10.3. The maximum Gasteiger partial charge on any atom is 0.105 e. The fourth-order valence-electron chi connectivity index (χ4n) is 1.18. The van der Waals surface area contributed by atoms with Crippen molar-refractivity contribution in [2.24, 2.45) is 0 Å². The van der Waals surface area contributed by atoms with Crippen LogP contribution in [0.25, 0.3) is 0 Å². The van der Waals surface area contributed by atoms with Gasteiger partial charge in [0, 0.05) is 19.1 Å². The Labute approximate surface area is 79.1 Å². The van der Waals surface area contributed by atoms with Crippen molar-refractivity contribution < 1.29 is 9.15 Å². The quantitative estimate of drug-likeness (QED) is 0.724. The van der Waals surface area contributed by atoms with Crippen LogP contribution >= 0.6 is 0 Å². The van der Waals surface area contributed by atoms with Crippen LogP contribution in [-0.4, -0.2) is 26.3 Å². The summed E-state index contributed by atoms with van der Waals surface area (Å²) in [6, 6.07) is 4.23. The summed E-state index contributed by atoms with van der Waals surface area (Å²) >= 11 is 0. The number of hydrogen-bond acceptors (Lipinski definition) is 3. The van der Waals surface area contributed by atoms with E-state index < -0.39 is 0 Å². The highest BCUT2D eigenvalue weighted by molar-refractivity contribution is 5.00. The molecule has 0 aliphatic heterocycles. The fraction of sp³-hybridized carbons (Fsp3) is 0.600. The average Bonchev–Trinajstić information content (AvgIpc) is 2.64. The van der Waals surface area contributed by atoms with E-state index in [9.17, 15) is 0 Å². The zero-order valence-corrected chi connectivity index (χ0v) is 8.25. The Hall–Kier alpha value is -0.800. The van der Waals surface area contributed by atoms with Gasteiger partial charge in [0.15, 0.2) is 0 Å². The maximum absolute atomic E-state index is 5.33. The van der Waals surface area contributed by atoms with Gasteiger partial charge in [0.05, 0.1) is 12.9 Å². The molecule has 0 spiro atoms. The SMILES string of the molecule is CCOCC(Cc1ccco1)NC. The van der Waals surface area contributed by atoms with Crippen LogP contribution in [0, 0.1) is 0 Å². The Morgan fingerprint density at radius 1 is 1.62 bits per heavy atom. The second kappa shape index (κ2) is 5.78. The van der Waals surface area contributed by atoms with Crippen LogP contribution < -0.4 is 5.32 Å². The number of hydrogen-bond donors (Lipinski definition) is 1. The number of rotatable bonds is 6. The summed E-state index contributed by atoms with van der Waals surface area (Å²) in [5.74, 6) is 0.999. The molecule has 3 nitrogen and oxygen atoms in total. The zero-order valence-electron chi connectivity index (χ0n) is 8.25. The van der Waals surface area contributed by atoms with Crippen molar-refractivity contribution in [3.05, 3.63) is 24.2 Å². The van der Waals surface area contributed by atoms with Crippen molar-refractivity contribution in [2.45, 2.75) is 19.4 Å². The van der Waals surface area contributed by atoms with E-state index in [1.54, 1.807) is 6.26 Å². The molecule has 0 aliphatic carbocycles. The standard InChI is InChI=1S/C10H17NO2/c1-3-12-8-9(11-2)7-10-5-4-6-13-10/h4-6,9,11H,3,7-8H2,1-2H3. The van der Waals surface area contributed by atoms with E-state index >= 15 is 0 Å². The molecule has 1 aromatic rings. The normalized spacial score (nSPS) is 13.1. The van der Waals surface area contributed by atoms with E-state index in [-0.39, 0.29) is 0 Å². The lowest BCUT2D eigenvalue weighted by molar-refractivity contribution is 0.123. The Bertz CT molecular complexity index is 209. The largest absolute Gasteiger partial charge is 0.469 e. The molecule has 74 valence electrons. The van der Waals surface area contributed by atoms with Crippen molar-refractivity contribution in [1.29, 1.82) is 0 Å². The van der Waals surface area contributed by atoms with Gasteiger partial charge in [-0.2, -0.15) is 0 Å². The second-order valence-corrected chi connectivity index (χ2v) is 2.93. The summed E-state index contributed by atoms with van der Waals surface area (Å²) in [6.45, 7) is 3.49. The van der Waals surface area contributed by atoms with Crippen molar-refractivity contribution in [1.82, 2.24) is 5.32 Å². The van der Waals surface area contributed by atoms with E-state index in [2.05, 4.69) is 5.32 Å². The van der Waals surface area contributed by atoms with Gasteiger partial charge in [-0.05, 0) is 26.1 Å². The number of ether oxygens (including phenoxy) is 1. The molecule has 1 rings (SSSR count). The number of likely N-dealkylation sites (N-methyl/N-ethyl adjacent to an activating group) is 1. The first-order valence-electron chi connectivity index (χ1n) is 4.64. The highest BCUT2D eigenvalue weighted by Crippen LogP contribution is 2.04. The van der Waals surface area contributed by atoms with Crippen LogP contribution in [-0.2, 0) is 11.2 Å². The molecule has 3 heteroatoms. The van der Waals surface area contributed by atoms with Gasteiger partial charge in [-0.1, -0.05) is 0 Å². The van der Waals surface area contributed by atoms with Gasteiger partial charge >= 0.3 is 0 Å².